The fourth-order valence-corrected chi connectivity index (χ4v) is 3.65. The molecule has 2 rings (SSSR count). The minimum atomic E-state index is -1.74. The number of hydrogen-bond donors (Lipinski definition) is 0. The van der Waals surface area contributed by atoms with E-state index in [1.54, 1.807) is 0 Å². The van der Waals surface area contributed by atoms with Gasteiger partial charge in [0, 0.05) is 12.5 Å². The molecular weight excluding hydrogens is 300 g/mol. The number of aryl methyl sites for hydroxylation is 1. The summed E-state index contributed by atoms with van der Waals surface area (Å²) in [6.07, 6.45) is 1.15. The van der Waals surface area contributed by atoms with Crippen molar-refractivity contribution < 1.29 is 9.16 Å². The number of rotatable bonds is 5. The van der Waals surface area contributed by atoms with E-state index >= 15 is 0 Å². The molecule has 1 fully saturated rings. The van der Waals surface area contributed by atoms with Gasteiger partial charge in [0.15, 0.2) is 8.32 Å². The molecule has 1 aliphatic rings. The lowest BCUT2D eigenvalue weighted by Gasteiger charge is -2.37. The summed E-state index contributed by atoms with van der Waals surface area (Å²) in [7, 11) is -1.74. The van der Waals surface area contributed by atoms with Crippen LogP contribution in [0.1, 0.15) is 44.9 Å². The van der Waals surface area contributed by atoms with Crippen LogP contribution in [0.4, 0.5) is 0 Å². The second-order valence-electron chi connectivity index (χ2n) is 8.16. The molecule has 3 heteroatoms. The molecule has 1 aromatic carbocycles. The van der Waals surface area contributed by atoms with E-state index in [0.717, 1.165) is 18.6 Å². The van der Waals surface area contributed by atoms with Crippen molar-refractivity contribution in [2.45, 2.75) is 58.4 Å². The van der Waals surface area contributed by atoms with Crippen molar-refractivity contribution in [1.82, 2.24) is 0 Å². The largest absolute Gasteiger partial charge is 0.416 e. The summed E-state index contributed by atoms with van der Waals surface area (Å²) in [6.45, 7) is 19.2. The molecule has 128 valence electrons. The first-order chi connectivity index (χ1) is 10.7. The monoisotopic (exact) mass is 332 g/mol. The summed E-state index contributed by atoms with van der Waals surface area (Å²) >= 11 is 0. The number of hydrogen-bond acceptors (Lipinski definition) is 2. The van der Waals surface area contributed by atoms with Gasteiger partial charge >= 0.3 is 0 Å². The van der Waals surface area contributed by atoms with E-state index in [-0.39, 0.29) is 17.1 Å². The summed E-state index contributed by atoms with van der Waals surface area (Å²) in [6, 6.07) is 8.79. The molecule has 0 aliphatic carbocycles. The van der Waals surface area contributed by atoms with E-state index in [1.807, 2.05) is 0 Å². The predicted octanol–water partition coefficient (Wildman–Crippen LogP) is 5.51. The zero-order valence-corrected chi connectivity index (χ0v) is 16.6. The first-order valence-corrected chi connectivity index (χ1v) is 11.6. The van der Waals surface area contributed by atoms with Gasteiger partial charge < -0.3 is 9.16 Å². The van der Waals surface area contributed by atoms with Crippen LogP contribution in [-0.2, 0) is 15.6 Å². The van der Waals surface area contributed by atoms with Crippen molar-refractivity contribution >= 4 is 8.32 Å². The van der Waals surface area contributed by atoms with E-state index in [0.29, 0.717) is 6.61 Å². The van der Waals surface area contributed by atoms with E-state index in [4.69, 9.17) is 9.16 Å². The van der Waals surface area contributed by atoms with Gasteiger partial charge in [-0.05, 0) is 41.3 Å². The summed E-state index contributed by atoms with van der Waals surface area (Å²) in [4.78, 5) is 0. The standard InChI is InChI=1S/C20H32O2Si/c1-8-16-9-11-17(12-10-16)19-18(15(2)13-21-19)14-22-23(6,7)20(3,4)5/h9-12,18-19H,2,8,13-14H2,1,3-7H3/t18-,19+/m0/s1. The third kappa shape index (κ3) is 4.14. The number of ether oxygens (including phenoxy) is 1. The van der Waals surface area contributed by atoms with Crippen molar-refractivity contribution in [1.29, 1.82) is 0 Å². The third-order valence-electron chi connectivity index (χ3n) is 5.48. The molecule has 0 amide bonds. The van der Waals surface area contributed by atoms with Gasteiger partial charge in [-0.15, -0.1) is 0 Å². The fraction of sp³-hybridized carbons (Fsp3) is 0.600. The Morgan fingerprint density at radius 3 is 2.35 bits per heavy atom. The van der Waals surface area contributed by atoms with Gasteiger partial charge in [0.2, 0.25) is 0 Å². The Labute approximate surface area is 143 Å². The topological polar surface area (TPSA) is 18.5 Å². The maximum Gasteiger partial charge on any atom is 0.192 e. The van der Waals surface area contributed by atoms with Gasteiger partial charge in [-0.2, -0.15) is 0 Å². The van der Waals surface area contributed by atoms with Gasteiger partial charge in [0.25, 0.3) is 0 Å². The Hall–Kier alpha value is -0.903. The van der Waals surface area contributed by atoms with Crippen molar-refractivity contribution in [3.8, 4) is 0 Å². The minimum absolute atomic E-state index is 0.0816. The second-order valence-corrected chi connectivity index (χ2v) is 13.0. The van der Waals surface area contributed by atoms with Crippen LogP contribution >= 0.6 is 0 Å². The maximum atomic E-state index is 6.44. The van der Waals surface area contributed by atoms with Crippen molar-refractivity contribution in [2.24, 2.45) is 5.92 Å². The zero-order valence-electron chi connectivity index (χ0n) is 15.6. The van der Waals surface area contributed by atoms with E-state index in [2.05, 4.69) is 71.6 Å². The first-order valence-electron chi connectivity index (χ1n) is 8.68. The Bertz CT molecular complexity index is 540. The van der Waals surface area contributed by atoms with Gasteiger partial charge in [0.05, 0.1) is 12.7 Å². The summed E-state index contributed by atoms with van der Waals surface area (Å²) in [5, 5.41) is 0.228. The average molecular weight is 333 g/mol. The second kappa shape index (κ2) is 6.92. The van der Waals surface area contributed by atoms with Crippen molar-refractivity contribution in [3.05, 3.63) is 47.5 Å². The van der Waals surface area contributed by atoms with Crippen molar-refractivity contribution in [3.63, 3.8) is 0 Å². The maximum absolute atomic E-state index is 6.44. The molecule has 0 saturated carbocycles. The van der Waals surface area contributed by atoms with Gasteiger partial charge in [-0.1, -0.05) is 58.5 Å². The highest BCUT2D eigenvalue weighted by molar-refractivity contribution is 6.74. The Morgan fingerprint density at radius 1 is 1.22 bits per heavy atom. The Morgan fingerprint density at radius 2 is 1.83 bits per heavy atom. The molecule has 2 nitrogen and oxygen atoms in total. The van der Waals surface area contributed by atoms with Crippen LogP contribution in [0.5, 0.6) is 0 Å². The van der Waals surface area contributed by atoms with Gasteiger partial charge in [-0.25, -0.2) is 0 Å². The highest BCUT2D eigenvalue weighted by Crippen LogP contribution is 2.41. The van der Waals surface area contributed by atoms with Crippen LogP contribution in [0.2, 0.25) is 18.1 Å². The molecule has 0 aromatic heterocycles. The molecule has 0 spiro atoms. The SMILES string of the molecule is C=C1CO[C@H](c2ccc(CC)cc2)[C@H]1CO[Si](C)(C)C(C)(C)C. The van der Waals surface area contributed by atoms with Crippen LogP contribution in [0.15, 0.2) is 36.4 Å². The quantitative estimate of drug-likeness (QED) is 0.522. The Kier molecular flexibility index (Phi) is 5.54. The zero-order chi connectivity index (χ0) is 17.3. The summed E-state index contributed by atoms with van der Waals surface area (Å²) in [5.41, 5.74) is 3.76. The highest BCUT2D eigenvalue weighted by Gasteiger charge is 2.40. The minimum Gasteiger partial charge on any atom is -0.416 e. The molecule has 2 atom stereocenters. The predicted molar refractivity (Wildman–Crippen MR) is 100 cm³/mol. The van der Waals surface area contributed by atoms with Gasteiger partial charge in [-0.3, -0.25) is 0 Å². The summed E-state index contributed by atoms with van der Waals surface area (Å²) < 4.78 is 12.5. The fourth-order valence-electron chi connectivity index (χ4n) is 2.63. The lowest BCUT2D eigenvalue weighted by atomic mass is 9.93. The molecule has 0 radical (unpaired) electrons. The van der Waals surface area contributed by atoms with Crippen LogP contribution in [-0.4, -0.2) is 21.5 Å². The number of benzene rings is 1. The molecule has 1 heterocycles. The highest BCUT2D eigenvalue weighted by atomic mass is 28.4. The molecular formula is C20H32O2Si. The molecule has 0 unspecified atom stereocenters. The third-order valence-corrected chi connectivity index (χ3v) is 9.99. The Balaban J connectivity index is 2.10. The van der Waals surface area contributed by atoms with Gasteiger partial charge in [0.1, 0.15) is 0 Å². The molecule has 1 saturated heterocycles. The van der Waals surface area contributed by atoms with E-state index in [1.165, 1.54) is 11.1 Å². The van der Waals surface area contributed by atoms with E-state index in [9.17, 15) is 0 Å². The first kappa shape index (κ1) is 18.4. The van der Waals surface area contributed by atoms with E-state index < -0.39 is 8.32 Å². The smallest absolute Gasteiger partial charge is 0.192 e. The lowest BCUT2D eigenvalue weighted by Crippen LogP contribution is -2.42. The average Bonchev–Trinajstić information content (AvgIpc) is 2.85. The van der Waals surface area contributed by atoms with Crippen molar-refractivity contribution in [2.75, 3.05) is 13.2 Å². The van der Waals surface area contributed by atoms with Crippen LogP contribution in [0.3, 0.4) is 0 Å². The normalized spacial score (nSPS) is 22.6. The van der Waals surface area contributed by atoms with Crippen LogP contribution in [0.25, 0.3) is 0 Å². The molecule has 0 bridgehead atoms. The van der Waals surface area contributed by atoms with Crippen LogP contribution in [0, 0.1) is 5.92 Å². The molecule has 1 aliphatic heterocycles. The molecule has 0 N–H and O–H groups in total. The lowest BCUT2D eigenvalue weighted by molar-refractivity contribution is 0.0738. The van der Waals surface area contributed by atoms with Crippen LogP contribution < -0.4 is 0 Å². The molecule has 23 heavy (non-hydrogen) atoms. The molecule has 1 aromatic rings. The summed E-state index contributed by atoms with van der Waals surface area (Å²) in [5.74, 6) is 0.261.